The van der Waals surface area contributed by atoms with Gasteiger partial charge in [-0.3, -0.25) is 19.1 Å². The third kappa shape index (κ3) is 6.85. The first-order chi connectivity index (χ1) is 19.6. The Labute approximate surface area is 249 Å². The maximum atomic E-state index is 14.3. The maximum absolute atomic E-state index is 14.3. The number of carbonyl (C=O) groups is 1. The highest BCUT2D eigenvalue weighted by Crippen LogP contribution is 2.39. The van der Waals surface area contributed by atoms with Crippen molar-refractivity contribution in [3.05, 3.63) is 71.8 Å². The van der Waals surface area contributed by atoms with Crippen LogP contribution in [0, 0.1) is 5.92 Å². The average Bonchev–Trinajstić information content (AvgIpc) is 2.91. The molecule has 2 N–H and O–H groups in total. The van der Waals surface area contributed by atoms with Crippen LogP contribution in [0.5, 0.6) is 0 Å². The van der Waals surface area contributed by atoms with E-state index in [1.807, 2.05) is 0 Å². The van der Waals surface area contributed by atoms with Crippen molar-refractivity contribution in [3.8, 4) is 0 Å². The van der Waals surface area contributed by atoms with Crippen molar-refractivity contribution in [1.82, 2.24) is 19.8 Å². The summed E-state index contributed by atoms with van der Waals surface area (Å²) < 4.78 is 68.9. The number of halogens is 5. The van der Waals surface area contributed by atoms with Crippen molar-refractivity contribution >= 4 is 49.8 Å². The Kier molecular flexibility index (Phi) is 9.46. The Bertz CT molecular complexity index is 1760. The minimum absolute atomic E-state index is 0.0361. The van der Waals surface area contributed by atoms with Gasteiger partial charge in [0.2, 0.25) is 5.91 Å². The minimum Gasteiger partial charge on any atom is -0.356 e. The number of H-pyrrole nitrogens is 1. The SMILES string of the molecule is CCS(=O)(=O)c1ccc(Cl)cc1Cn1c(=O)[nH]c2c(Cl)c(CN3CCC[C@@H](CNC(C)=O)C3)c(C(F)(F)F)cc2c1=O. The summed E-state index contributed by atoms with van der Waals surface area (Å²) in [5.41, 5.74) is -3.65. The lowest BCUT2D eigenvalue weighted by atomic mass is 9.96. The molecule has 3 aromatic rings. The molecule has 0 radical (unpaired) electrons. The normalized spacial score (nSPS) is 16.6. The van der Waals surface area contributed by atoms with Crippen molar-refractivity contribution < 1.29 is 26.4 Å². The molecule has 15 heteroatoms. The van der Waals surface area contributed by atoms with Crippen molar-refractivity contribution in [2.24, 2.45) is 5.92 Å². The summed E-state index contributed by atoms with van der Waals surface area (Å²) in [6.07, 6.45) is -3.37. The number of alkyl halides is 3. The molecule has 1 fully saturated rings. The van der Waals surface area contributed by atoms with E-state index in [1.54, 1.807) is 4.90 Å². The summed E-state index contributed by atoms with van der Waals surface area (Å²) in [5, 5.41) is 2.01. The van der Waals surface area contributed by atoms with Gasteiger partial charge in [0.15, 0.2) is 9.84 Å². The van der Waals surface area contributed by atoms with E-state index in [0.29, 0.717) is 36.7 Å². The van der Waals surface area contributed by atoms with Gasteiger partial charge in [-0.1, -0.05) is 30.1 Å². The number of likely N-dealkylation sites (tertiary alicyclic amines) is 1. The van der Waals surface area contributed by atoms with Crippen LogP contribution < -0.4 is 16.6 Å². The van der Waals surface area contributed by atoms with Crippen LogP contribution in [0.2, 0.25) is 10.0 Å². The summed E-state index contributed by atoms with van der Waals surface area (Å²) in [7, 11) is -3.78. The molecule has 42 heavy (non-hydrogen) atoms. The molecule has 0 bridgehead atoms. The van der Waals surface area contributed by atoms with Crippen LogP contribution in [-0.4, -0.2) is 54.2 Å². The number of aromatic nitrogens is 2. The second-order valence-electron chi connectivity index (χ2n) is 10.3. The van der Waals surface area contributed by atoms with E-state index in [0.717, 1.165) is 6.42 Å². The first-order valence-corrected chi connectivity index (χ1v) is 15.6. The van der Waals surface area contributed by atoms with Crippen LogP contribution in [0.25, 0.3) is 10.9 Å². The van der Waals surface area contributed by atoms with Crippen LogP contribution in [0.3, 0.4) is 0 Å². The van der Waals surface area contributed by atoms with Gasteiger partial charge in [0.05, 0.1) is 38.7 Å². The molecule has 9 nitrogen and oxygen atoms in total. The monoisotopic (exact) mass is 648 g/mol. The number of nitrogens with one attached hydrogen (secondary N) is 2. The maximum Gasteiger partial charge on any atom is 0.416 e. The topological polar surface area (TPSA) is 121 Å². The van der Waals surface area contributed by atoms with Crippen LogP contribution >= 0.6 is 23.2 Å². The molecule has 1 saturated heterocycles. The third-order valence-electron chi connectivity index (χ3n) is 7.32. The number of sulfone groups is 1. The van der Waals surface area contributed by atoms with Gasteiger partial charge in [-0.15, -0.1) is 0 Å². The lowest BCUT2D eigenvalue weighted by Gasteiger charge is -2.33. The second kappa shape index (κ2) is 12.4. The molecule has 1 atom stereocenters. The molecule has 1 amide bonds. The van der Waals surface area contributed by atoms with Crippen LogP contribution in [0.4, 0.5) is 13.2 Å². The average molecular weight is 650 g/mol. The number of amides is 1. The summed E-state index contributed by atoms with van der Waals surface area (Å²) >= 11 is 12.5. The van der Waals surface area contributed by atoms with E-state index in [4.69, 9.17) is 23.2 Å². The molecule has 0 unspecified atom stereocenters. The zero-order chi connectivity index (χ0) is 31.0. The van der Waals surface area contributed by atoms with Gasteiger partial charge in [-0.05, 0) is 60.7 Å². The fourth-order valence-electron chi connectivity index (χ4n) is 5.22. The zero-order valence-corrected chi connectivity index (χ0v) is 25.1. The van der Waals surface area contributed by atoms with Gasteiger partial charge in [-0.2, -0.15) is 13.2 Å². The van der Waals surface area contributed by atoms with Gasteiger partial charge < -0.3 is 10.3 Å². The molecule has 0 saturated carbocycles. The summed E-state index contributed by atoms with van der Waals surface area (Å²) in [6, 6.07) is 4.56. The zero-order valence-electron chi connectivity index (χ0n) is 22.8. The summed E-state index contributed by atoms with van der Waals surface area (Å²) in [6.45, 7) is 3.39. The lowest BCUT2D eigenvalue weighted by Crippen LogP contribution is -2.40. The first-order valence-electron chi connectivity index (χ1n) is 13.2. The van der Waals surface area contributed by atoms with E-state index >= 15 is 0 Å². The van der Waals surface area contributed by atoms with Crippen LogP contribution in [0.1, 0.15) is 43.4 Å². The third-order valence-corrected chi connectivity index (χ3v) is 9.80. The van der Waals surface area contributed by atoms with Gasteiger partial charge in [-0.25, -0.2) is 13.2 Å². The molecule has 1 aliphatic heterocycles. The molecule has 2 heterocycles. The highest BCUT2D eigenvalue weighted by molar-refractivity contribution is 7.91. The van der Waals surface area contributed by atoms with Gasteiger partial charge in [0.25, 0.3) is 5.56 Å². The number of aromatic amines is 1. The van der Waals surface area contributed by atoms with E-state index in [-0.39, 0.29) is 50.7 Å². The molecule has 1 aliphatic rings. The van der Waals surface area contributed by atoms with Crippen LogP contribution in [0.15, 0.2) is 38.8 Å². The number of rotatable bonds is 8. The molecule has 0 spiro atoms. The van der Waals surface area contributed by atoms with E-state index in [2.05, 4.69) is 10.3 Å². The van der Waals surface area contributed by atoms with Crippen molar-refractivity contribution in [1.29, 1.82) is 0 Å². The molecule has 228 valence electrons. The van der Waals surface area contributed by atoms with Crippen molar-refractivity contribution in [3.63, 3.8) is 0 Å². The number of hydrogen-bond donors (Lipinski definition) is 2. The van der Waals surface area contributed by atoms with Crippen molar-refractivity contribution in [2.45, 2.75) is 50.9 Å². The second-order valence-corrected chi connectivity index (χ2v) is 13.4. The van der Waals surface area contributed by atoms with Gasteiger partial charge in [0.1, 0.15) is 0 Å². The number of benzene rings is 2. The number of fused-ring (bicyclic) bond motifs is 1. The summed E-state index contributed by atoms with van der Waals surface area (Å²) in [4.78, 5) is 41.9. The predicted molar refractivity (Wildman–Crippen MR) is 154 cm³/mol. The number of nitrogens with zero attached hydrogens (tertiary/aromatic N) is 2. The Morgan fingerprint density at radius 3 is 2.52 bits per heavy atom. The highest BCUT2D eigenvalue weighted by Gasteiger charge is 2.37. The van der Waals surface area contributed by atoms with Gasteiger partial charge >= 0.3 is 11.9 Å². The summed E-state index contributed by atoms with van der Waals surface area (Å²) in [5.74, 6) is -0.420. The molecule has 4 rings (SSSR count). The predicted octanol–water partition coefficient (Wildman–Crippen LogP) is 4.21. The molecule has 0 aliphatic carbocycles. The minimum atomic E-state index is -4.87. The molecular weight excluding hydrogens is 620 g/mol. The first kappa shape index (κ1) is 32.1. The van der Waals surface area contributed by atoms with E-state index < -0.39 is 49.8 Å². The van der Waals surface area contributed by atoms with E-state index in [1.165, 1.54) is 32.0 Å². The quantitative estimate of drug-likeness (QED) is 0.378. The van der Waals surface area contributed by atoms with E-state index in [9.17, 15) is 36.0 Å². The standard InChI is InChI=1S/C27H29Cl2F3N4O5S/c1-3-42(40,41)22-7-6-18(28)9-17(22)13-36-25(38)19-10-21(27(30,31)32)20(23(29)24(19)34-26(36)39)14-35-8-4-5-16(12-35)11-33-15(2)37/h6-7,9-10,16H,3-5,8,11-14H2,1-2H3,(H,33,37)(H,34,39)/t16-/m0/s1. The number of hydrogen-bond acceptors (Lipinski definition) is 6. The fourth-order valence-corrected chi connectivity index (χ4v) is 6.83. The molecule has 1 aromatic heterocycles. The molecular formula is C27H29Cl2F3N4O5S. The highest BCUT2D eigenvalue weighted by atomic mass is 35.5. The fraction of sp³-hybridized carbons (Fsp3) is 0.444. The van der Waals surface area contributed by atoms with Crippen LogP contribution in [-0.2, 0) is 33.9 Å². The Morgan fingerprint density at radius 1 is 1.17 bits per heavy atom. The van der Waals surface area contributed by atoms with Gasteiger partial charge in [0, 0.05) is 31.6 Å². The number of piperidine rings is 1. The Hall–Kier alpha value is -2.87. The molecule has 2 aromatic carbocycles. The van der Waals surface area contributed by atoms with Crippen molar-refractivity contribution in [2.75, 3.05) is 25.4 Å². The Morgan fingerprint density at radius 2 is 1.88 bits per heavy atom. The largest absolute Gasteiger partial charge is 0.416 e. The number of carbonyl (C=O) groups excluding carboxylic acids is 1. The Balaban J connectivity index is 1.80. The lowest BCUT2D eigenvalue weighted by molar-refractivity contribution is -0.138. The smallest absolute Gasteiger partial charge is 0.356 e.